The molecule has 1 aromatic heterocycles. The fraction of sp³-hybridized carbons (Fsp3) is 0.0833. The van der Waals surface area contributed by atoms with Crippen molar-refractivity contribution in [3.8, 4) is 17.0 Å². The van der Waals surface area contributed by atoms with Crippen LogP contribution < -0.4 is 4.74 Å². The van der Waals surface area contributed by atoms with Crippen molar-refractivity contribution >= 4 is 0 Å². The Bertz CT molecular complexity index is 500. The van der Waals surface area contributed by atoms with Crippen molar-refractivity contribution in [2.75, 3.05) is 7.11 Å². The van der Waals surface area contributed by atoms with E-state index in [0.29, 0.717) is 11.3 Å². The van der Waals surface area contributed by atoms with Gasteiger partial charge in [0.25, 0.3) is 0 Å². The normalized spacial score (nSPS) is 10.2. The van der Waals surface area contributed by atoms with Crippen molar-refractivity contribution in [1.82, 2.24) is 4.98 Å². The van der Waals surface area contributed by atoms with Crippen LogP contribution in [-0.4, -0.2) is 12.1 Å². The molecule has 82 valence electrons. The minimum atomic E-state index is -0.733. The Balaban J connectivity index is 2.64. The van der Waals surface area contributed by atoms with Crippen LogP contribution in [0.15, 0.2) is 36.5 Å². The van der Waals surface area contributed by atoms with Gasteiger partial charge in [0.05, 0.1) is 12.8 Å². The lowest BCUT2D eigenvalue weighted by Gasteiger charge is -2.08. The largest absolute Gasteiger partial charge is 0.493 e. The maximum Gasteiger partial charge on any atom is 0.168 e. The number of ether oxygens (including phenoxy) is 1. The second-order valence-corrected chi connectivity index (χ2v) is 3.18. The molecule has 0 amide bonds. The van der Waals surface area contributed by atoms with Gasteiger partial charge in [0.1, 0.15) is 5.82 Å². The first kappa shape index (κ1) is 10.5. The Morgan fingerprint density at radius 3 is 2.62 bits per heavy atom. The Morgan fingerprint density at radius 2 is 2.00 bits per heavy atom. The van der Waals surface area contributed by atoms with Gasteiger partial charge in [-0.15, -0.1) is 0 Å². The molecule has 0 aliphatic rings. The molecule has 1 aromatic carbocycles. The number of pyridine rings is 1. The van der Waals surface area contributed by atoms with Crippen LogP contribution >= 0.6 is 0 Å². The van der Waals surface area contributed by atoms with E-state index < -0.39 is 11.6 Å². The summed E-state index contributed by atoms with van der Waals surface area (Å²) >= 11 is 0. The average Bonchev–Trinajstić information content (AvgIpc) is 2.29. The summed E-state index contributed by atoms with van der Waals surface area (Å²) in [7, 11) is 1.34. The average molecular weight is 221 g/mol. The fourth-order valence-corrected chi connectivity index (χ4v) is 1.48. The van der Waals surface area contributed by atoms with Crippen LogP contribution in [0.1, 0.15) is 0 Å². The van der Waals surface area contributed by atoms with Crippen LogP contribution in [0.4, 0.5) is 8.78 Å². The number of rotatable bonds is 2. The lowest BCUT2D eigenvalue weighted by Crippen LogP contribution is -1.95. The summed E-state index contributed by atoms with van der Waals surface area (Å²) < 4.78 is 31.4. The van der Waals surface area contributed by atoms with E-state index in [1.54, 1.807) is 24.4 Å². The van der Waals surface area contributed by atoms with Gasteiger partial charge in [0.15, 0.2) is 11.6 Å². The minimum Gasteiger partial charge on any atom is -0.493 e. The molecule has 2 rings (SSSR count). The fourth-order valence-electron chi connectivity index (χ4n) is 1.48. The summed E-state index contributed by atoms with van der Waals surface area (Å²) in [4.78, 5) is 4.03. The van der Waals surface area contributed by atoms with Crippen molar-refractivity contribution < 1.29 is 13.5 Å². The van der Waals surface area contributed by atoms with Gasteiger partial charge in [-0.1, -0.05) is 6.07 Å². The molecule has 0 saturated carbocycles. The van der Waals surface area contributed by atoms with Gasteiger partial charge < -0.3 is 4.74 Å². The molecule has 0 bridgehead atoms. The first-order chi connectivity index (χ1) is 7.72. The Kier molecular flexibility index (Phi) is 2.81. The van der Waals surface area contributed by atoms with Crippen molar-refractivity contribution in [3.05, 3.63) is 48.2 Å². The molecule has 1 heterocycles. The van der Waals surface area contributed by atoms with E-state index in [9.17, 15) is 8.78 Å². The second-order valence-electron chi connectivity index (χ2n) is 3.18. The highest BCUT2D eigenvalue weighted by Gasteiger charge is 2.13. The van der Waals surface area contributed by atoms with E-state index in [2.05, 4.69) is 4.98 Å². The Morgan fingerprint density at radius 1 is 1.19 bits per heavy atom. The zero-order valence-electron chi connectivity index (χ0n) is 8.58. The molecule has 0 atom stereocenters. The van der Waals surface area contributed by atoms with Crippen molar-refractivity contribution in [2.45, 2.75) is 0 Å². The van der Waals surface area contributed by atoms with Crippen LogP contribution in [0.3, 0.4) is 0 Å². The van der Waals surface area contributed by atoms with E-state index >= 15 is 0 Å². The van der Waals surface area contributed by atoms with E-state index in [1.807, 2.05) is 0 Å². The summed E-state index contributed by atoms with van der Waals surface area (Å²) in [5, 5.41) is 0. The minimum absolute atomic E-state index is 0.0000926. The predicted octanol–water partition coefficient (Wildman–Crippen LogP) is 3.04. The lowest BCUT2D eigenvalue weighted by atomic mass is 10.1. The molecule has 0 fully saturated rings. The smallest absolute Gasteiger partial charge is 0.168 e. The van der Waals surface area contributed by atoms with Crippen LogP contribution in [0.2, 0.25) is 0 Å². The molecule has 0 aliphatic heterocycles. The third kappa shape index (κ3) is 1.86. The summed E-state index contributed by atoms with van der Waals surface area (Å²) in [6.07, 6.45) is 1.55. The lowest BCUT2D eigenvalue weighted by molar-refractivity contribution is 0.386. The van der Waals surface area contributed by atoms with Crippen LogP contribution in [0, 0.1) is 11.6 Å². The molecule has 0 aliphatic carbocycles. The summed E-state index contributed by atoms with van der Waals surface area (Å²) in [5.41, 5.74) is 0.776. The predicted molar refractivity (Wildman–Crippen MR) is 56.1 cm³/mol. The first-order valence-electron chi connectivity index (χ1n) is 4.67. The van der Waals surface area contributed by atoms with Crippen molar-refractivity contribution in [3.63, 3.8) is 0 Å². The molecule has 0 spiro atoms. The van der Waals surface area contributed by atoms with Gasteiger partial charge in [-0.05, 0) is 18.2 Å². The van der Waals surface area contributed by atoms with E-state index in [4.69, 9.17) is 4.74 Å². The maximum absolute atomic E-state index is 13.4. The first-order valence-corrected chi connectivity index (χ1v) is 4.67. The highest BCUT2D eigenvalue weighted by atomic mass is 19.1. The summed E-state index contributed by atoms with van der Waals surface area (Å²) in [6.45, 7) is 0. The number of halogens is 2. The van der Waals surface area contributed by atoms with Crippen LogP contribution in [-0.2, 0) is 0 Å². The maximum atomic E-state index is 13.4. The monoisotopic (exact) mass is 221 g/mol. The SMILES string of the molecule is COc1c(F)cc(F)cc1-c1ccccn1. The van der Waals surface area contributed by atoms with Crippen LogP contribution in [0.5, 0.6) is 5.75 Å². The number of methoxy groups -OCH3 is 1. The molecule has 2 nitrogen and oxygen atoms in total. The van der Waals surface area contributed by atoms with Crippen molar-refractivity contribution in [2.24, 2.45) is 0 Å². The Labute approximate surface area is 91.5 Å². The zero-order valence-corrected chi connectivity index (χ0v) is 8.58. The molecule has 4 heteroatoms. The van der Waals surface area contributed by atoms with Gasteiger partial charge in [-0.2, -0.15) is 0 Å². The van der Waals surface area contributed by atoms with Gasteiger partial charge in [-0.25, -0.2) is 8.78 Å². The highest BCUT2D eigenvalue weighted by molar-refractivity contribution is 5.67. The number of aromatic nitrogens is 1. The van der Waals surface area contributed by atoms with Gasteiger partial charge >= 0.3 is 0 Å². The third-order valence-electron chi connectivity index (χ3n) is 2.15. The quantitative estimate of drug-likeness (QED) is 0.777. The van der Waals surface area contributed by atoms with E-state index in [0.717, 1.165) is 6.07 Å². The molecule has 0 saturated heterocycles. The number of nitrogens with zero attached hydrogens (tertiary/aromatic N) is 1. The van der Waals surface area contributed by atoms with Crippen molar-refractivity contribution in [1.29, 1.82) is 0 Å². The van der Waals surface area contributed by atoms with E-state index in [-0.39, 0.29) is 5.75 Å². The van der Waals surface area contributed by atoms with Gasteiger partial charge in [0.2, 0.25) is 0 Å². The molecule has 2 aromatic rings. The summed E-state index contributed by atoms with van der Waals surface area (Å²) in [6, 6.07) is 7.11. The molecule has 0 radical (unpaired) electrons. The van der Waals surface area contributed by atoms with Gasteiger partial charge in [-0.3, -0.25) is 4.98 Å². The van der Waals surface area contributed by atoms with Gasteiger partial charge in [0, 0.05) is 17.8 Å². The molecular weight excluding hydrogens is 212 g/mol. The number of benzene rings is 1. The molecule has 16 heavy (non-hydrogen) atoms. The standard InChI is InChI=1S/C12H9F2NO/c1-16-12-9(6-8(13)7-10(12)14)11-4-2-3-5-15-11/h2-7H,1H3. The molecular formula is C12H9F2NO. The highest BCUT2D eigenvalue weighted by Crippen LogP contribution is 2.31. The third-order valence-corrected chi connectivity index (χ3v) is 2.15. The number of hydrogen-bond acceptors (Lipinski definition) is 2. The zero-order chi connectivity index (χ0) is 11.5. The molecule has 0 unspecified atom stereocenters. The molecule has 0 N–H and O–H groups in total. The van der Waals surface area contributed by atoms with Crippen LogP contribution in [0.25, 0.3) is 11.3 Å². The Hall–Kier alpha value is -1.97. The number of hydrogen-bond donors (Lipinski definition) is 0. The van der Waals surface area contributed by atoms with E-state index in [1.165, 1.54) is 13.2 Å². The topological polar surface area (TPSA) is 22.1 Å². The second kappa shape index (κ2) is 4.26. The summed E-state index contributed by atoms with van der Waals surface area (Å²) in [5.74, 6) is -1.39.